The molecule has 1 aromatic heterocycles. The highest BCUT2D eigenvalue weighted by Gasteiger charge is 2.24. The van der Waals surface area contributed by atoms with Crippen molar-refractivity contribution in [3.63, 3.8) is 0 Å². The number of nitrogens with one attached hydrogen (secondary N) is 1. The highest BCUT2D eigenvalue weighted by Crippen LogP contribution is 2.23. The van der Waals surface area contributed by atoms with E-state index in [0.717, 1.165) is 0 Å². The molecule has 0 aliphatic carbocycles. The van der Waals surface area contributed by atoms with Gasteiger partial charge in [-0.3, -0.25) is 14.5 Å². The zero-order chi connectivity index (χ0) is 14.4. The molecule has 0 saturated heterocycles. The van der Waals surface area contributed by atoms with Gasteiger partial charge in [-0.05, 0) is 32.5 Å². The SMILES string of the molecule is CCNC(=O)CN(CC)C(C)C(=O)c1ccc(Cl)s1. The molecule has 6 heteroatoms. The molecular formula is C13H19ClN2O2S. The predicted octanol–water partition coefficient (Wildman–Crippen LogP) is 2.43. The van der Waals surface area contributed by atoms with Gasteiger partial charge in [0, 0.05) is 6.54 Å². The number of Topliss-reactive ketones (excluding diaryl/α,β-unsaturated/α-hetero) is 1. The Morgan fingerprint density at radius 1 is 1.42 bits per heavy atom. The molecule has 0 radical (unpaired) electrons. The average Bonchev–Trinajstić information content (AvgIpc) is 2.81. The van der Waals surface area contributed by atoms with Crippen molar-refractivity contribution >= 4 is 34.6 Å². The molecule has 0 fully saturated rings. The number of amides is 1. The predicted molar refractivity (Wildman–Crippen MR) is 79.1 cm³/mol. The fourth-order valence-corrected chi connectivity index (χ4v) is 2.84. The molecule has 19 heavy (non-hydrogen) atoms. The molecule has 0 bridgehead atoms. The minimum Gasteiger partial charge on any atom is -0.355 e. The topological polar surface area (TPSA) is 49.4 Å². The smallest absolute Gasteiger partial charge is 0.234 e. The van der Waals surface area contributed by atoms with E-state index in [0.29, 0.717) is 22.3 Å². The van der Waals surface area contributed by atoms with Crippen molar-refractivity contribution in [1.29, 1.82) is 0 Å². The van der Waals surface area contributed by atoms with Gasteiger partial charge in [0.25, 0.3) is 0 Å². The molecule has 1 aromatic rings. The zero-order valence-corrected chi connectivity index (χ0v) is 13.0. The maximum absolute atomic E-state index is 12.3. The second-order valence-corrected chi connectivity index (χ2v) is 5.88. The van der Waals surface area contributed by atoms with Gasteiger partial charge >= 0.3 is 0 Å². The summed E-state index contributed by atoms with van der Waals surface area (Å²) in [4.78, 5) is 26.4. The summed E-state index contributed by atoms with van der Waals surface area (Å²) < 4.78 is 0.599. The molecule has 0 spiro atoms. The van der Waals surface area contributed by atoms with Crippen molar-refractivity contribution in [2.75, 3.05) is 19.6 Å². The summed E-state index contributed by atoms with van der Waals surface area (Å²) in [6, 6.07) is 3.11. The minimum absolute atomic E-state index is 0.00282. The average molecular weight is 303 g/mol. The fourth-order valence-electron chi connectivity index (χ4n) is 1.78. The van der Waals surface area contributed by atoms with E-state index in [4.69, 9.17) is 11.6 Å². The van der Waals surface area contributed by atoms with Gasteiger partial charge in [0.1, 0.15) is 0 Å². The lowest BCUT2D eigenvalue weighted by Gasteiger charge is -2.25. The number of carbonyl (C=O) groups excluding carboxylic acids is 2. The molecule has 1 rings (SSSR count). The first-order valence-corrected chi connectivity index (χ1v) is 7.49. The van der Waals surface area contributed by atoms with Gasteiger partial charge in [-0.2, -0.15) is 0 Å². The zero-order valence-electron chi connectivity index (χ0n) is 11.4. The van der Waals surface area contributed by atoms with Gasteiger partial charge in [0.05, 0.1) is 21.8 Å². The van der Waals surface area contributed by atoms with Gasteiger partial charge in [-0.1, -0.05) is 18.5 Å². The second kappa shape index (κ2) is 7.62. The number of hydrogen-bond donors (Lipinski definition) is 1. The summed E-state index contributed by atoms with van der Waals surface area (Å²) in [7, 11) is 0. The van der Waals surface area contributed by atoms with Crippen LogP contribution in [0.25, 0.3) is 0 Å². The Balaban J connectivity index is 2.70. The van der Waals surface area contributed by atoms with Crippen LogP contribution in [0.4, 0.5) is 0 Å². The van der Waals surface area contributed by atoms with Crippen LogP contribution in [0.2, 0.25) is 4.34 Å². The Kier molecular flexibility index (Phi) is 6.48. The van der Waals surface area contributed by atoms with E-state index in [1.807, 2.05) is 25.7 Å². The van der Waals surface area contributed by atoms with Crippen molar-refractivity contribution in [3.05, 3.63) is 21.3 Å². The number of ketones is 1. The molecule has 1 atom stereocenters. The first-order chi connectivity index (χ1) is 8.99. The Hall–Kier alpha value is -0.910. The maximum Gasteiger partial charge on any atom is 0.234 e. The van der Waals surface area contributed by atoms with Crippen molar-refractivity contribution in [2.45, 2.75) is 26.8 Å². The normalized spacial score (nSPS) is 12.5. The van der Waals surface area contributed by atoms with E-state index in [1.54, 1.807) is 12.1 Å². The third-order valence-corrected chi connectivity index (χ3v) is 4.12. The van der Waals surface area contributed by atoms with E-state index < -0.39 is 0 Å². The van der Waals surface area contributed by atoms with Crippen LogP contribution in [0.1, 0.15) is 30.4 Å². The number of likely N-dealkylation sites (N-methyl/N-ethyl adjacent to an activating group) is 2. The molecule has 0 saturated carbocycles. The summed E-state index contributed by atoms with van der Waals surface area (Å²) in [5, 5.41) is 2.74. The number of rotatable bonds is 7. The minimum atomic E-state index is -0.331. The monoisotopic (exact) mass is 302 g/mol. The van der Waals surface area contributed by atoms with Crippen LogP contribution in [0, 0.1) is 0 Å². The summed E-state index contributed by atoms with van der Waals surface area (Å²) in [5.74, 6) is -0.0590. The molecule has 1 N–H and O–H groups in total. The largest absolute Gasteiger partial charge is 0.355 e. The Morgan fingerprint density at radius 2 is 2.11 bits per heavy atom. The molecule has 106 valence electrons. The third kappa shape index (κ3) is 4.60. The van der Waals surface area contributed by atoms with Gasteiger partial charge < -0.3 is 5.32 Å². The molecule has 0 aliphatic rings. The first-order valence-electron chi connectivity index (χ1n) is 6.29. The van der Waals surface area contributed by atoms with Crippen molar-refractivity contribution in [1.82, 2.24) is 10.2 Å². The summed E-state index contributed by atoms with van der Waals surface area (Å²) in [5.41, 5.74) is 0. The Labute approximate surface area is 122 Å². The second-order valence-electron chi connectivity index (χ2n) is 4.16. The molecular weight excluding hydrogens is 284 g/mol. The van der Waals surface area contributed by atoms with E-state index in [2.05, 4.69) is 5.32 Å². The van der Waals surface area contributed by atoms with E-state index in [1.165, 1.54) is 11.3 Å². The lowest BCUT2D eigenvalue weighted by molar-refractivity contribution is -0.122. The highest BCUT2D eigenvalue weighted by molar-refractivity contribution is 7.18. The maximum atomic E-state index is 12.3. The Bertz CT molecular complexity index is 448. The Morgan fingerprint density at radius 3 is 2.58 bits per heavy atom. The third-order valence-electron chi connectivity index (χ3n) is 2.87. The number of carbonyl (C=O) groups is 2. The van der Waals surface area contributed by atoms with Crippen LogP contribution in [0.5, 0.6) is 0 Å². The number of thiophene rings is 1. The van der Waals surface area contributed by atoms with Gasteiger partial charge in [0.15, 0.2) is 5.78 Å². The molecule has 1 unspecified atom stereocenters. The molecule has 1 amide bonds. The van der Waals surface area contributed by atoms with E-state index in [-0.39, 0.29) is 24.3 Å². The summed E-state index contributed by atoms with van der Waals surface area (Å²) in [6.45, 7) is 7.10. The van der Waals surface area contributed by atoms with Crippen LogP contribution in [-0.2, 0) is 4.79 Å². The van der Waals surface area contributed by atoms with Gasteiger partial charge in [-0.25, -0.2) is 0 Å². The van der Waals surface area contributed by atoms with Crippen LogP contribution in [-0.4, -0.2) is 42.3 Å². The van der Waals surface area contributed by atoms with Crippen molar-refractivity contribution in [2.24, 2.45) is 0 Å². The molecule has 4 nitrogen and oxygen atoms in total. The van der Waals surface area contributed by atoms with Crippen molar-refractivity contribution < 1.29 is 9.59 Å². The van der Waals surface area contributed by atoms with Crippen LogP contribution in [0.15, 0.2) is 12.1 Å². The molecule has 1 heterocycles. The summed E-state index contributed by atoms with van der Waals surface area (Å²) >= 11 is 7.11. The molecule has 0 aromatic carbocycles. The lowest BCUT2D eigenvalue weighted by Crippen LogP contribution is -2.44. The number of hydrogen-bond acceptors (Lipinski definition) is 4. The quantitative estimate of drug-likeness (QED) is 0.787. The number of nitrogens with zero attached hydrogens (tertiary/aromatic N) is 1. The fraction of sp³-hybridized carbons (Fsp3) is 0.538. The van der Waals surface area contributed by atoms with Gasteiger partial charge in [-0.15, -0.1) is 11.3 Å². The van der Waals surface area contributed by atoms with E-state index >= 15 is 0 Å². The van der Waals surface area contributed by atoms with Crippen LogP contribution < -0.4 is 5.32 Å². The standard InChI is InChI=1S/C13H19ClN2O2S/c1-4-15-12(17)8-16(5-2)9(3)13(18)10-6-7-11(14)19-10/h6-7,9H,4-5,8H2,1-3H3,(H,15,17). The van der Waals surface area contributed by atoms with Crippen LogP contribution >= 0.6 is 22.9 Å². The van der Waals surface area contributed by atoms with E-state index in [9.17, 15) is 9.59 Å². The highest BCUT2D eigenvalue weighted by atomic mass is 35.5. The first kappa shape index (κ1) is 16.1. The van der Waals surface area contributed by atoms with Crippen molar-refractivity contribution in [3.8, 4) is 0 Å². The van der Waals surface area contributed by atoms with Crippen LogP contribution in [0.3, 0.4) is 0 Å². The summed E-state index contributed by atoms with van der Waals surface area (Å²) in [6.07, 6.45) is 0. The molecule has 0 aliphatic heterocycles. The number of halogens is 1. The lowest BCUT2D eigenvalue weighted by atomic mass is 10.1. The van der Waals surface area contributed by atoms with Gasteiger partial charge in [0.2, 0.25) is 5.91 Å².